The molecule has 5 heteroatoms. The van der Waals surface area contributed by atoms with E-state index in [0.29, 0.717) is 18.4 Å². The monoisotopic (exact) mass is 242 g/mol. The van der Waals surface area contributed by atoms with Crippen LogP contribution in [0.25, 0.3) is 0 Å². The van der Waals surface area contributed by atoms with Gasteiger partial charge in [0.05, 0.1) is 0 Å². The number of piperidine rings is 2. The third-order valence-electron chi connectivity index (χ3n) is 3.84. The van der Waals surface area contributed by atoms with E-state index in [-0.39, 0.29) is 12.2 Å². The van der Waals surface area contributed by atoms with E-state index in [4.69, 9.17) is 9.47 Å². The summed E-state index contributed by atoms with van der Waals surface area (Å²) in [5, 5.41) is 3.09. The lowest BCUT2D eigenvalue weighted by atomic mass is 9.85. The minimum Gasteiger partial charge on any atom is -0.355 e. The molecule has 2 unspecified atom stereocenters. The normalized spacial score (nSPS) is 30.2. The quantitative estimate of drug-likeness (QED) is 0.716. The largest absolute Gasteiger partial charge is 0.355 e. The van der Waals surface area contributed by atoms with Crippen LogP contribution in [0.4, 0.5) is 0 Å². The third kappa shape index (κ3) is 3.18. The van der Waals surface area contributed by atoms with E-state index in [1.165, 1.54) is 0 Å². The molecule has 0 aromatic rings. The number of fused-ring (bicyclic) bond motifs is 1. The molecule has 2 saturated heterocycles. The van der Waals surface area contributed by atoms with Crippen molar-refractivity contribution in [2.45, 2.75) is 31.6 Å². The Morgan fingerprint density at radius 3 is 2.88 bits per heavy atom. The molecule has 98 valence electrons. The Morgan fingerprint density at radius 1 is 1.41 bits per heavy atom. The van der Waals surface area contributed by atoms with Gasteiger partial charge in [-0.15, -0.1) is 0 Å². The molecule has 1 amide bonds. The van der Waals surface area contributed by atoms with Crippen molar-refractivity contribution in [1.82, 2.24) is 10.2 Å². The Labute approximate surface area is 102 Å². The van der Waals surface area contributed by atoms with E-state index in [0.717, 1.165) is 32.5 Å². The SMILES string of the molecule is COC(CN1CCC2NC(=O)CCC2C1)OC. The van der Waals surface area contributed by atoms with Crippen LogP contribution in [-0.4, -0.2) is 57.0 Å². The fourth-order valence-electron chi connectivity index (χ4n) is 2.81. The van der Waals surface area contributed by atoms with E-state index in [2.05, 4.69) is 10.2 Å². The van der Waals surface area contributed by atoms with Crippen molar-refractivity contribution in [3.63, 3.8) is 0 Å². The van der Waals surface area contributed by atoms with Crippen LogP contribution in [0.15, 0.2) is 0 Å². The summed E-state index contributed by atoms with van der Waals surface area (Å²) in [4.78, 5) is 13.7. The van der Waals surface area contributed by atoms with E-state index in [1.54, 1.807) is 14.2 Å². The minimum atomic E-state index is -0.148. The predicted molar refractivity (Wildman–Crippen MR) is 63.5 cm³/mol. The number of carbonyl (C=O) groups excluding carboxylic acids is 1. The predicted octanol–water partition coefficient (Wildman–Crippen LogP) is 0.206. The molecule has 2 aliphatic heterocycles. The first-order valence-electron chi connectivity index (χ1n) is 6.30. The highest BCUT2D eigenvalue weighted by molar-refractivity contribution is 5.77. The molecule has 2 atom stereocenters. The second-order valence-electron chi connectivity index (χ2n) is 4.92. The van der Waals surface area contributed by atoms with Gasteiger partial charge >= 0.3 is 0 Å². The lowest BCUT2D eigenvalue weighted by Crippen LogP contribution is -2.55. The molecule has 0 aromatic carbocycles. The third-order valence-corrected chi connectivity index (χ3v) is 3.84. The number of likely N-dealkylation sites (tertiary alicyclic amines) is 1. The van der Waals surface area contributed by atoms with Gasteiger partial charge in [-0.25, -0.2) is 0 Å². The molecule has 0 aliphatic carbocycles. The number of nitrogens with zero attached hydrogens (tertiary/aromatic N) is 1. The zero-order chi connectivity index (χ0) is 12.3. The van der Waals surface area contributed by atoms with Gasteiger partial charge in [-0.1, -0.05) is 0 Å². The van der Waals surface area contributed by atoms with Gasteiger partial charge in [0.15, 0.2) is 6.29 Å². The molecule has 17 heavy (non-hydrogen) atoms. The number of hydrogen-bond donors (Lipinski definition) is 1. The topological polar surface area (TPSA) is 50.8 Å². The van der Waals surface area contributed by atoms with Crippen LogP contribution in [0.5, 0.6) is 0 Å². The second-order valence-corrected chi connectivity index (χ2v) is 4.92. The van der Waals surface area contributed by atoms with Crippen molar-refractivity contribution in [1.29, 1.82) is 0 Å². The number of hydrogen-bond acceptors (Lipinski definition) is 4. The Balaban J connectivity index is 1.83. The molecule has 0 aromatic heterocycles. The summed E-state index contributed by atoms with van der Waals surface area (Å²) < 4.78 is 10.4. The minimum absolute atomic E-state index is 0.148. The van der Waals surface area contributed by atoms with E-state index in [1.807, 2.05) is 0 Å². The first-order chi connectivity index (χ1) is 8.22. The maximum absolute atomic E-state index is 11.3. The van der Waals surface area contributed by atoms with Crippen molar-refractivity contribution in [3.05, 3.63) is 0 Å². The zero-order valence-corrected chi connectivity index (χ0v) is 10.6. The van der Waals surface area contributed by atoms with Gasteiger partial charge in [0.25, 0.3) is 0 Å². The van der Waals surface area contributed by atoms with Gasteiger partial charge in [0.1, 0.15) is 0 Å². The van der Waals surface area contributed by atoms with Crippen LogP contribution in [0.2, 0.25) is 0 Å². The lowest BCUT2D eigenvalue weighted by Gasteiger charge is -2.42. The van der Waals surface area contributed by atoms with Crippen LogP contribution >= 0.6 is 0 Å². The molecular formula is C12H22N2O3. The highest BCUT2D eigenvalue weighted by Crippen LogP contribution is 2.25. The molecule has 2 rings (SSSR count). The molecule has 0 spiro atoms. The molecule has 5 nitrogen and oxygen atoms in total. The molecule has 0 radical (unpaired) electrons. The Morgan fingerprint density at radius 2 is 2.18 bits per heavy atom. The Hall–Kier alpha value is -0.650. The van der Waals surface area contributed by atoms with Crippen molar-refractivity contribution in [3.8, 4) is 0 Å². The lowest BCUT2D eigenvalue weighted by molar-refractivity contribution is -0.129. The van der Waals surface area contributed by atoms with Crippen molar-refractivity contribution in [2.24, 2.45) is 5.92 Å². The molecule has 0 bridgehead atoms. The van der Waals surface area contributed by atoms with Crippen LogP contribution in [0.3, 0.4) is 0 Å². The molecule has 0 saturated carbocycles. The number of methoxy groups -OCH3 is 2. The molecular weight excluding hydrogens is 220 g/mol. The number of nitrogens with one attached hydrogen (secondary N) is 1. The molecule has 2 fully saturated rings. The van der Waals surface area contributed by atoms with Crippen molar-refractivity contribution in [2.75, 3.05) is 33.9 Å². The summed E-state index contributed by atoms with van der Waals surface area (Å²) in [5.41, 5.74) is 0. The highest BCUT2D eigenvalue weighted by Gasteiger charge is 2.34. The highest BCUT2D eigenvalue weighted by atomic mass is 16.7. The summed E-state index contributed by atoms with van der Waals surface area (Å²) >= 11 is 0. The van der Waals surface area contributed by atoms with Crippen LogP contribution in [-0.2, 0) is 14.3 Å². The Bertz CT molecular complexity index is 268. The number of ether oxygens (including phenoxy) is 2. The summed E-state index contributed by atoms with van der Waals surface area (Å²) in [7, 11) is 3.34. The summed E-state index contributed by atoms with van der Waals surface area (Å²) in [6.45, 7) is 2.85. The average molecular weight is 242 g/mol. The smallest absolute Gasteiger partial charge is 0.220 e. The molecule has 1 N–H and O–H groups in total. The van der Waals surface area contributed by atoms with Gasteiger partial charge in [-0.2, -0.15) is 0 Å². The molecule has 2 heterocycles. The van der Waals surface area contributed by atoms with E-state index < -0.39 is 0 Å². The summed E-state index contributed by atoms with van der Waals surface area (Å²) in [6, 6.07) is 0.385. The fourth-order valence-corrected chi connectivity index (χ4v) is 2.81. The average Bonchev–Trinajstić information content (AvgIpc) is 2.36. The second kappa shape index (κ2) is 5.80. The van der Waals surface area contributed by atoms with Crippen LogP contribution in [0, 0.1) is 5.92 Å². The molecule has 2 aliphatic rings. The van der Waals surface area contributed by atoms with Crippen molar-refractivity contribution >= 4 is 5.91 Å². The zero-order valence-electron chi connectivity index (χ0n) is 10.6. The summed E-state index contributed by atoms with van der Waals surface area (Å²) in [5.74, 6) is 0.808. The first kappa shape index (κ1) is 12.8. The van der Waals surface area contributed by atoms with Crippen LogP contribution < -0.4 is 5.32 Å². The van der Waals surface area contributed by atoms with Gasteiger partial charge < -0.3 is 14.8 Å². The first-order valence-corrected chi connectivity index (χ1v) is 6.30. The van der Waals surface area contributed by atoms with Crippen molar-refractivity contribution < 1.29 is 14.3 Å². The maximum atomic E-state index is 11.3. The number of amides is 1. The maximum Gasteiger partial charge on any atom is 0.220 e. The van der Waals surface area contributed by atoms with Gasteiger partial charge in [-0.3, -0.25) is 9.69 Å². The fraction of sp³-hybridized carbons (Fsp3) is 0.917. The number of carbonyl (C=O) groups is 1. The van der Waals surface area contributed by atoms with Gasteiger partial charge in [-0.05, 0) is 18.8 Å². The Kier molecular flexibility index (Phi) is 4.36. The van der Waals surface area contributed by atoms with E-state index >= 15 is 0 Å². The standard InChI is InChI=1S/C12H22N2O3/c1-16-12(17-2)8-14-6-5-10-9(7-14)3-4-11(15)13-10/h9-10,12H,3-8H2,1-2H3,(H,13,15). The van der Waals surface area contributed by atoms with E-state index in [9.17, 15) is 4.79 Å². The summed E-state index contributed by atoms with van der Waals surface area (Å²) in [6.07, 6.45) is 2.57. The number of rotatable bonds is 4. The van der Waals surface area contributed by atoms with Crippen LogP contribution in [0.1, 0.15) is 19.3 Å². The van der Waals surface area contributed by atoms with Gasteiger partial charge in [0, 0.05) is 46.3 Å². The van der Waals surface area contributed by atoms with Gasteiger partial charge in [0.2, 0.25) is 5.91 Å².